The summed E-state index contributed by atoms with van der Waals surface area (Å²) in [5.74, 6) is 1.82. The number of ether oxygens (including phenoxy) is 1. The molecule has 0 heterocycles. The van der Waals surface area contributed by atoms with Crippen LogP contribution in [0, 0.1) is 11.8 Å². The molecule has 0 aromatic rings. The Morgan fingerprint density at radius 2 is 1.89 bits per heavy atom. The average molecular weight is 270 g/mol. The maximum atomic E-state index is 11.5. The van der Waals surface area contributed by atoms with Gasteiger partial charge in [0.1, 0.15) is 0 Å². The minimum absolute atomic E-state index is 0.111. The van der Waals surface area contributed by atoms with Crippen molar-refractivity contribution in [1.82, 2.24) is 10.6 Å². The molecule has 0 saturated heterocycles. The lowest BCUT2D eigenvalue weighted by atomic mass is 9.80. The lowest BCUT2D eigenvalue weighted by Crippen LogP contribution is -2.37. The molecule has 1 aliphatic carbocycles. The minimum Gasteiger partial charge on any atom is -0.383 e. The Labute approximate surface area is 117 Å². The third kappa shape index (κ3) is 6.92. The largest absolute Gasteiger partial charge is 0.383 e. The van der Waals surface area contributed by atoms with Crippen molar-refractivity contribution in [2.24, 2.45) is 11.8 Å². The molecule has 0 aliphatic heterocycles. The van der Waals surface area contributed by atoms with Gasteiger partial charge in [0, 0.05) is 32.7 Å². The van der Waals surface area contributed by atoms with Gasteiger partial charge in [-0.15, -0.1) is 0 Å². The zero-order valence-electron chi connectivity index (χ0n) is 12.7. The van der Waals surface area contributed by atoms with E-state index in [4.69, 9.17) is 4.74 Å². The van der Waals surface area contributed by atoms with E-state index in [1.807, 2.05) is 0 Å². The van der Waals surface area contributed by atoms with Crippen LogP contribution in [0.3, 0.4) is 0 Å². The maximum Gasteiger partial charge on any atom is 0.221 e. The molecular weight excluding hydrogens is 240 g/mol. The van der Waals surface area contributed by atoms with Crippen molar-refractivity contribution in [2.45, 2.75) is 52.0 Å². The first-order valence-electron chi connectivity index (χ1n) is 7.62. The van der Waals surface area contributed by atoms with Gasteiger partial charge in [0.05, 0.1) is 6.61 Å². The van der Waals surface area contributed by atoms with E-state index in [-0.39, 0.29) is 5.91 Å². The van der Waals surface area contributed by atoms with E-state index in [2.05, 4.69) is 24.5 Å². The summed E-state index contributed by atoms with van der Waals surface area (Å²) >= 11 is 0. The maximum absolute atomic E-state index is 11.5. The zero-order chi connectivity index (χ0) is 14.1. The van der Waals surface area contributed by atoms with Crippen LogP contribution in [0.1, 0.15) is 46.0 Å². The van der Waals surface area contributed by atoms with Crippen molar-refractivity contribution >= 4 is 5.91 Å². The Bertz CT molecular complexity index is 249. The van der Waals surface area contributed by atoms with Crippen LogP contribution in [-0.4, -0.2) is 38.8 Å². The molecule has 0 bridgehead atoms. The van der Waals surface area contributed by atoms with E-state index >= 15 is 0 Å². The Hall–Kier alpha value is -0.610. The fourth-order valence-corrected chi connectivity index (χ4v) is 2.76. The third-order valence-electron chi connectivity index (χ3n) is 4.13. The number of carbonyl (C=O) groups excluding carboxylic acids is 1. The number of nitrogens with one attached hydrogen (secondary N) is 2. The molecule has 2 N–H and O–H groups in total. The van der Waals surface area contributed by atoms with Crippen molar-refractivity contribution in [3.8, 4) is 0 Å². The van der Waals surface area contributed by atoms with Crippen LogP contribution in [0.15, 0.2) is 0 Å². The van der Waals surface area contributed by atoms with Gasteiger partial charge < -0.3 is 15.4 Å². The van der Waals surface area contributed by atoms with Gasteiger partial charge in [0.15, 0.2) is 0 Å². The molecule has 0 aromatic heterocycles. The van der Waals surface area contributed by atoms with Crippen molar-refractivity contribution in [3.05, 3.63) is 0 Å². The molecule has 19 heavy (non-hydrogen) atoms. The van der Waals surface area contributed by atoms with Crippen LogP contribution >= 0.6 is 0 Å². The van der Waals surface area contributed by atoms with Crippen molar-refractivity contribution in [3.63, 3.8) is 0 Å². The number of amides is 1. The second-order valence-corrected chi connectivity index (χ2v) is 5.90. The van der Waals surface area contributed by atoms with E-state index in [9.17, 15) is 4.79 Å². The first kappa shape index (κ1) is 16.4. The Morgan fingerprint density at radius 3 is 2.47 bits per heavy atom. The molecule has 1 amide bonds. The van der Waals surface area contributed by atoms with Gasteiger partial charge in [0.25, 0.3) is 0 Å². The summed E-state index contributed by atoms with van der Waals surface area (Å²) in [6, 6.07) is 0.613. The minimum atomic E-state index is 0.111. The van der Waals surface area contributed by atoms with Crippen LogP contribution in [0.25, 0.3) is 0 Å². The summed E-state index contributed by atoms with van der Waals surface area (Å²) in [6.45, 7) is 6.62. The summed E-state index contributed by atoms with van der Waals surface area (Å²) in [4.78, 5) is 11.5. The predicted molar refractivity (Wildman–Crippen MR) is 78.1 cm³/mol. The van der Waals surface area contributed by atoms with Crippen LogP contribution in [0.2, 0.25) is 0 Å². The van der Waals surface area contributed by atoms with E-state index in [1.165, 1.54) is 25.7 Å². The second-order valence-electron chi connectivity index (χ2n) is 5.90. The molecule has 1 aliphatic rings. The highest BCUT2D eigenvalue weighted by Gasteiger charge is 2.22. The van der Waals surface area contributed by atoms with E-state index in [0.717, 1.165) is 18.4 Å². The molecule has 0 spiro atoms. The summed E-state index contributed by atoms with van der Waals surface area (Å²) in [7, 11) is 1.64. The highest BCUT2D eigenvalue weighted by atomic mass is 16.5. The molecule has 112 valence electrons. The number of methoxy groups -OCH3 is 1. The van der Waals surface area contributed by atoms with Gasteiger partial charge in [-0.05, 0) is 37.5 Å². The molecule has 0 radical (unpaired) electrons. The number of hydrogen-bond donors (Lipinski definition) is 2. The van der Waals surface area contributed by atoms with Gasteiger partial charge >= 0.3 is 0 Å². The smallest absolute Gasteiger partial charge is 0.221 e. The zero-order valence-corrected chi connectivity index (χ0v) is 12.7. The fraction of sp³-hybridized carbons (Fsp3) is 0.933. The quantitative estimate of drug-likeness (QED) is 0.663. The molecular formula is C15H30N2O2. The molecule has 4 nitrogen and oxygen atoms in total. The van der Waals surface area contributed by atoms with E-state index in [0.29, 0.717) is 25.6 Å². The van der Waals surface area contributed by atoms with Gasteiger partial charge in [-0.3, -0.25) is 4.79 Å². The standard InChI is InChI=1S/C15H30N2O2/c1-12(2)13-4-6-14(7-5-13)16-9-8-15(18)17-10-11-19-3/h12-14,16H,4-11H2,1-3H3,(H,17,18). The van der Waals surface area contributed by atoms with Gasteiger partial charge in [0.2, 0.25) is 5.91 Å². The molecule has 0 atom stereocenters. The first-order chi connectivity index (χ1) is 9.13. The van der Waals surface area contributed by atoms with E-state index < -0.39 is 0 Å². The Kier molecular flexibility index (Phi) is 8.07. The summed E-state index contributed by atoms with van der Waals surface area (Å²) in [5, 5.41) is 6.35. The van der Waals surface area contributed by atoms with Crippen LogP contribution in [0.5, 0.6) is 0 Å². The molecule has 1 rings (SSSR count). The molecule has 1 fully saturated rings. The van der Waals surface area contributed by atoms with Crippen molar-refractivity contribution in [2.75, 3.05) is 26.8 Å². The van der Waals surface area contributed by atoms with Gasteiger partial charge in [-0.2, -0.15) is 0 Å². The number of hydrogen-bond acceptors (Lipinski definition) is 3. The second kappa shape index (κ2) is 9.32. The summed E-state index contributed by atoms with van der Waals surface area (Å²) in [6.07, 6.45) is 5.74. The van der Waals surface area contributed by atoms with Gasteiger partial charge in [-0.25, -0.2) is 0 Å². The lowest BCUT2D eigenvalue weighted by Gasteiger charge is -2.31. The lowest BCUT2D eigenvalue weighted by molar-refractivity contribution is -0.121. The molecule has 0 aromatic carbocycles. The molecule has 0 unspecified atom stereocenters. The summed E-state index contributed by atoms with van der Waals surface area (Å²) < 4.78 is 4.89. The van der Waals surface area contributed by atoms with Gasteiger partial charge in [-0.1, -0.05) is 13.8 Å². The first-order valence-corrected chi connectivity index (χ1v) is 7.62. The monoisotopic (exact) mass is 270 g/mol. The van der Waals surface area contributed by atoms with Crippen LogP contribution in [0.4, 0.5) is 0 Å². The highest BCUT2D eigenvalue weighted by Crippen LogP contribution is 2.29. The Morgan fingerprint density at radius 1 is 1.21 bits per heavy atom. The average Bonchev–Trinajstić information content (AvgIpc) is 2.39. The fourth-order valence-electron chi connectivity index (χ4n) is 2.76. The summed E-state index contributed by atoms with van der Waals surface area (Å²) in [5.41, 5.74) is 0. The Balaban J connectivity index is 2.03. The molecule has 4 heteroatoms. The van der Waals surface area contributed by atoms with Crippen molar-refractivity contribution in [1.29, 1.82) is 0 Å². The number of rotatable bonds is 8. The highest BCUT2D eigenvalue weighted by molar-refractivity contribution is 5.76. The van der Waals surface area contributed by atoms with Crippen LogP contribution in [-0.2, 0) is 9.53 Å². The van der Waals surface area contributed by atoms with Crippen molar-refractivity contribution < 1.29 is 9.53 Å². The normalized spacial score (nSPS) is 23.6. The van der Waals surface area contributed by atoms with Crippen LogP contribution < -0.4 is 10.6 Å². The SMILES string of the molecule is COCCNC(=O)CCNC1CCC(C(C)C)CC1. The topological polar surface area (TPSA) is 50.4 Å². The number of carbonyl (C=O) groups is 1. The third-order valence-corrected chi connectivity index (χ3v) is 4.13. The predicted octanol–water partition coefficient (Wildman–Crippen LogP) is 1.94. The van der Waals surface area contributed by atoms with E-state index in [1.54, 1.807) is 7.11 Å². The molecule has 1 saturated carbocycles.